The van der Waals surface area contributed by atoms with E-state index >= 15 is 0 Å². The average molecular weight is 430 g/mol. The third-order valence-electron chi connectivity index (χ3n) is 4.26. The molecule has 0 aliphatic rings. The molecule has 0 saturated carbocycles. The van der Waals surface area contributed by atoms with Crippen molar-refractivity contribution in [2.75, 3.05) is 20.3 Å². The number of halogens is 3. The Hall–Kier alpha value is -2.84. The van der Waals surface area contributed by atoms with Crippen LogP contribution in [0.1, 0.15) is 49.5 Å². The van der Waals surface area contributed by atoms with Gasteiger partial charge in [-0.2, -0.15) is 13.2 Å². The molecule has 0 amide bonds. The van der Waals surface area contributed by atoms with Crippen molar-refractivity contribution < 1.29 is 41.8 Å². The first-order chi connectivity index (χ1) is 14.1. The van der Waals surface area contributed by atoms with Crippen LogP contribution in [0.2, 0.25) is 0 Å². The molecule has 0 bridgehead atoms. The molecule has 6 nitrogen and oxygen atoms in total. The smallest absolute Gasteiger partial charge is 0.413 e. The molecule has 0 fully saturated rings. The fourth-order valence-corrected chi connectivity index (χ4v) is 2.88. The van der Waals surface area contributed by atoms with E-state index in [1.807, 2.05) is 0 Å². The molecule has 1 aromatic rings. The molecular formula is C21H25F3O6. The van der Waals surface area contributed by atoms with Crippen LogP contribution in [0.3, 0.4) is 0 Å². The van der Waals surface area contributed by atoms with Gasteiger partial charge in [0.1, 0.15) is 0 Å². The zero-order valence-corrected chi connectivity index (χ0v) is 17.3. The van der Waals surface area contributed by atoms with Crippen molar-refractivity contribution in [2.45, 2.75) is 39.8 Å². The minimum absolute atomic E-state index is 0.0230. The number of esters is 3. The molecule has 1 rings (SSSR count). The van der Waals surface area contributed by atoms with E-state index in [1.165, 1.54) is 52.1 Å². The molecule has 1 aromatic carbocycles. The fraction of sp³-hybridized carbons (Fsp3) is 0.476. The van der Waals surface area contributed by atoms with Crippen molar-refractivity contribution in [3.8, 4) is 0 Å². The highest BCUT2D eigenvalue weighted by Crippen LogP contribution is 2.38. The summed E-state index contributed by atoms with van der Waals surface area (Å²) in [6, 6.07) is 5.42. The largest absolute Gasteiger partial charge is 0.465 e. The molecule has 0 atom stereocenters. The van der Waals surface area contributed by atoms with Crippen molar-refractivity contribution in [2.24, 2.45) is 5.92 Å². The third-order valence-corrected chi connectivity index (χ3v) is 4.26. The Balaban J connectivity index is 3.47. The Kier molecular flexibility index (Phi) is 9.55. The average Bonchev–Trinajstić information content (AvgIpc) is 2.70. The monoisotopic (exact) mass is 430 g/mol. The van der Waals surface area contributed by atoms with Gasteiger partial charge in [-0.25, -0.2) is 4.79 Å². The van der Waals surface area contributed by atoms with Crippen LogP contribution in [0.15, 0.2) is 29.8 Å². The van der Waals surface area contributed by atoms with Crippen molar-refractivity contribution in [3.63, 3.8) is 0 Å². The first-order valence-corrected chi connectivity index (χ1v) is 9.41. The van der Waals surface area contributed by atoms with Crippen LogP contribution in [-0.2, 0) is 23.8 Å². The van der Waals surface area contributed by atoms with Gasteiger partial charge in [-0.15, -0.1) is 0 Å². The van der Waals surface area contributed by atoms with Crippen LogP contribution < -0.4 is 0 Å². The van der Waals surface area contributed by atoms with Gasteiger partial charge in [0, 0.05) is 12.0 Å². The van der Waals surface area contributed by atoms with E-state index in [9.17, 15) is 27.6 Å². The summed E-state index contributed by atoms with van der Waals surface area (Å²) < 4.78 is 55.9. The maximum absolute atomic E-state index is 13.9. The summed E-state index contributed by atoms with van der Waals surface area (Å²) >= 11 is 0. The lowest BCUT2D eigenvalue weighted by atomic mass is 9.90. The second-order valence-corrected chi connectivity index (χ2v) is 6.14. The third kappa shape index (κ3) is 6.60. The fourth-order valence-electron chi connectivity index (χ4n) is 2.88. The first-order valence-electron chi connectivity index (χ1n) is 9.41. The van der Waals surface area contributed by atoms with Gasteiger partial charge in [-0.1, -0.05) is 19.1 Å². The highest BCUT2D eigenvalue weighted by molar-refractivity contribution is 5.95. The summed E-state index contributed by atoms with van der Waals surface area (Å²) in [6.45, 7) is 4.33. The number of benzene rings is 1. The predicted octanol–water partition coefficient (Wildman–Crippen LogP) is 4.33. The van der Waals surface area contributed by atoms with Crippen molar-refractivity contribution in [3.05, 3.63) is 41.0 Å². The van der Waals surface area contributed by atoms with Crippen LogP contribution in [0, 0.1) is 5.92 Å². The molecule has 0 aromatic heterocycles. The van der Waals surface area contributed by atoms with E-state index in [4.69, 9.17) is 9.47 Å². The lowest BCUT2D eigenvalue weighted by molar-refractivity contribution is -0.162. The van der Waals surface area contributed by atoms with Crippen molar-refractivity contribution in [1.82, 2.24) is 0 Å². The van der Waals surface area contributed by atoms with Gasteiger partial charge >= 0.3 is 24.1 Å². The molecule has 0 unspecified atom stereocenters. The highest BCUT2D eigenvalue weighted by atomic mass is 19.4. The van der Waals surface area contributed by atoms with E-state index in [1.54, 1.807) is 0 Å². The van der Waals surface area contributed by atoms with E-state index in [0.717, 1.165) is 0 Å². The summed E-state index contributed by atoms with van der Waals surface area (Å²) in [7, 11) is 1.19. The maximum atomic E-state index is 13.9. The molecule has 9 heteroatoms. The SMILES string of the molecule is CCOC(=O)C(C/C(=C(/CC)c1ccc(C(=O)OC)cc1)C(F)(F)F)C(=O)OCC. The predicted molar refractivity (Wildman–Crippen MR) is 102 cm³/mol. The lowest BCUT2D eigenvalue weighted by Crippen LogP contribution is -2.31. The van der Waals surface area contributed by atoms with Crippen LogP contribution in [0.5, 0.6) is 0 Å². The molecule has 0 aliphatic heterocycles. The van der Waals surface area contributed by atoms with E-state index in [2.05, 4.69) is 4.74 Å². The topological polar surface area (TPSA) is 78.9 Å². The summed E-state index contributed by atoms with van der Waals surface area (Å²) in [5.41, 5.74) is -0.732. The van der Waals surface area contributed by atoms with Gasteiger partial charge in [0.2, 0.25) is 0 Å². The van der Waals surface area contributed by atoms with Gasteiger partial charge in [0.05, 0.1) is 25.9 Å². The van der Waals surface area contributed by atoms with Crippen LogP contribution in [0.4, 0.5) is 13.2 Å². The number of ether oxygens (including phenoxy) is 3. The van der Waals surface area contributed by atoms with Gasteiger partial charge in [0.25, 0.3) is 0 Å². The Morgan fingerprint density at radius 3 is 1.73 bits per heavy atom. The van der Waals surface area contributed by atoms with Gasteiger partial charge in [-0.05, 0) is 43.5 Å². The van der Waals surface area contributed by atoms with Crippen molar-refractivity contribution in [1.29, 1.82) is 0 Å². The zero-order chi connectivity index (χ0) is 22.9. The second-order valence-electron chi connectivity index (χ2n) is 6.14. The highest BCUT2D eigenvalue weighted by Gasteiger charge is 2.42. The number of allylic oxidation sites excluding steroid dienone is 2. The minimum Gasteiger partial charge on any atom is -0.465 e. The quantitative estimate of drug-likeness (QED) is 0.330. The first kappa shape index (κ1) is 25.2. The molecule has 30 heavy (non-hydrogen) atoms. The molecule has 0 aliphatic carbocycles. The molecule has 0 heterocycles. The van der Waals surface area contributed by atoms with Crippen LogP contribution in [0.25, 0.3) is 5.57 Å². The van der Waals surface area contributed by atoms with E-state index in [0.29, 0.717) is 0 Å². The standard InChI is InChI=1S/C21H25F3O6/c1-5-15(13-8-10-14(11-9-13)18(25)28-4)17(21(22,23)24)12-16(19(26)29-6-2)20(27)30-7-3/h8-11,16H,5-7,12H2,1-4H3/b17-15+. The molecule has 0 saturated heterocycles. The summed E-state index contributed by atoms with van der Waals surface area (Å²) in [5.74, 6) is -4.51. The van der Waals surface area contributed by atoms with Crippen molar-refractivity contribution >= 4 is 23.5 Å². The molecule has 166 valence electrons. The Labute approximate surface area is 173 Å². The Bertz CT molecular complexity index is 763. The minimum atomic E-state index is -4.80. The molecule has 0 spiro atoms. The number of rotatable bonds is 9. The Morgan fingerprint density at radius 2 is 1.37 bits per heavy atom. The van der Waals surface area contributed by atoms with Gasteiger partial charge < -0.3 is 14.2 Å². The number of hydrogen-bond donors (Lipinski definition) is 0. The zero-order valence-electron chi connectivity index (χ0n) is 17.3. The summed E-state index contributed by atoms with van der Waals surface area (Å²) in [4.78, 5) is 35.9. The van der Waals surface area contributed by atoms with Crippen LogP contribution >= 0.6 is 0 Å². The number of hydrogen-bond acceptors (Lipinski definition) is 6. The van der Waals surface area contributed by atoms with E-state index < -0.39 is 42.0 Å². The lowest BCUT2D eigenvalue weighted by Gasteiger charge is -2.21. The number of alkyl halides is 3. The molecule has 0 N–H and O–H groups in total. The van der Waals surface area contributed by atoms with E-state index in [-0.39, 0.29) is 36.3 Å². The number of carbonyl (C=O) groups excluding carboxylic acids is 3. The molecular weight excluding hydrogens is 405 g/mol. The van der Waals surface area contributed by atoms with Crippen LogP contribution in [-0.4, -0.2) is 44.4 Å². The van der Waals surface area contributed by atoms with Gasteiger partial charge in [-0.3, -0.25) is 9.59 Å². The van der Waals surface area contributed by atoms with Gasteiger partial charge in [0.15, 0.2) is 5.92 Å². The number of methoxy groups -OCH3 is 1. The number of carbonyl (C=O) groups is 3. The second kappa shape index (κ2) is 11.4. The maximum Gasteiger partial charge on any atom is 0.413 e. The Morgan fingerprint density at radius 1 is 0.900 bits per heavy atom. The molecule has 0 radical (unpaired) electrons. The normalized spacial score (nSPS) is 12.3. The summed E-state index contributed by atoms with van der Waals surface area (Å²) in [5, 5.41) is 0. The summed E-state index contributed by atoms with van der Waals surface area (Å²) in [6.07, 6.45) is -5.74.